The molecule has 0 spiro atoms. The van der Waals surface area contributed by atoms with E-state index in [0.717, 1.165) is 0 Å². The number of hydrogen-bond acceptors (Lipinski definition) is 7. The maximum absolute atomic E-state index is 12.4. The predicted molar refractivity (Wildman–Crippen MR) is 115 cm³/mol. The smallest absolute Gasteiger partial charge is 0.269 e. The van der Waals surface area contributed by atoms with Gasteiger partial charge in [-0.25, -0.2) is 8.42 Å². The Labute approximate surface area is 179 Å². The third kappa shape index (κ3) is 7.35. The number of hydrogen-bond donors (Lipinski definition) is 4. The zero-order chi connectivity index (χ0) is 23.0. The van der Waals surface area contributed by atoms with Crippen molar-refractivity contribution in [3.05, 3.63) is 58.6 Å². The second-order valence-electron chi connectivity index (χ2n) is 6.57. The summed E-state index contributed by atoms with van der Waals surface area (Å²) in [5, 5.41) is 18.8. The first-order valence-electron chi connectivity index (χ1n) is 9.24. The van der Waals surface area contributed by atoms with Gasteiger partial charge in [-0.05, 0) is 43.3 Å². The molecule has 0 saturated heterocycles. The van der Waals surface area contributed by atoms with Crippen molar-refractivity contribution in [3.63, 3.8) is 0 Å². The van der Waals surface area contributed by atoms with Crippen LogP contribution in [0.15, 0.2) is 53.4 Å². The van der Waals surface area contributed by atoms with Gasteiger partial charge in [-0.1, -0.05) is 0 Å². The molecule has 11 nitrogen and oxygen atoms in total. The molecule has 0 radical (unpaired) electrons. The van der Waals surface area contributed by atoms with Crippen LogP contribution < -0.4 is 20.7 Å². The lowest BCUT2D eigenvalue weighted by Crippen LogP contribution is -2.45. The second-order valence-corrected chi connectivity index (χ2v) is 8.28. The first-order chi connectivity index (χ1) is 14.6. The normalized spacial score (nSPS) is 11.9. The van der Waals surface area contributed by atoms with Crippen LogP contribution in [0.1, 0.15) is 13.8 Å². The van der Waals surface area contributed by atoms with Crippen LogP contribution in [-0.4, -0.2) is 44.3 Å². The predicted octanol–water partition coefficient (Wildman–Crippen LogP) is 1.45. The molecular weight excluding hydrogens is 426 g/mol. The Hall–Kier alpha value is -3.51. The van der Waals surface area contributed by atoms with E-state index in [1.54, 1.807) is 12.1 Å². The number of carbonyl (C=O) groups excluding carboxylic acids is 2. The number of carbonyl (C=O) groups is 2. The Morgan fingerprint density at radius 1 is 1.00 bits per heavy atom. The van der Waals surface area contributed by atoms with Crippen molar-refractivity contribution in [3.8, 4) is 0 Å². The SMILES string of the molecule is CC(=O)Nc1ccc(S(=O)(=O)N[C@@H](C)C(=O)NCCNc2ccc([N+](=O)[O-])cc2)cc1. The number of rotatable bonds is 10. The van der Waals surface area contributed by atoms with Gasteiger partial charge in [-0.15, -0.1) is 0 Å². The summed E-state index contributed by atoms with van der Waals surface area (Å²) in [6, 6.07) is 10.4. The number of nitro benzene ring substituents is 1. The number of anilines is 2. The molecule has 1 atom stereocenters. The fraction of sp³-hybridized carbons (Fsp3) is 0.263. The Bertz CT molecular complexity index is 1040. The molecule has 31 heavy (non-hydrogen) atoms. The Balaban J connectivity index is 1.81. The molecule has 0 heterocycles. The fourth-order valence-electron chi connectivity index (χ4n) is 2.52. The number of amides is 2. The van der Waals surface area contributed by atoms with Crippen molar-refractivity contribution in [1.82, 2.24) is 10.0 Å². The number of nitrogens with zero attached hydrogens (tertiary/aromatic N) is 1. The summed E-state index contributed by atoms with van der Waals surface area (Å²) < 4.78 is 27.2. The van der Waals surface area contributed by atoms with E-state index in [1.807, 2.05) is 0 Å². The maximum atomic E-state index is 12.4. The van der Waals surface area contributed by atoms with E-state index in [9.17, 15) is 28.1 Å². The summed E-state index contributed by atoms with van der Waals surface area (Å²) in [7, 11) is -3.93. The highest BCUT2D eigenvalue weighted by molar-refractivity contribution is 7.89. The van der Waals surface area contributed by atoms with Crippen molar-refractivity contribution in [2.75, 3.05) is 23.7 Å². The molecule has 166 valence electrons. The fourth-order valence-corrected chi connectivity index (χ4v) is 3.72. The minimum absolute atomic E-state index is 0.0234. The molecule has 0 fully saturated rings. The second kappa shape index (κ2) is 10.5. The highest BCUT2D eigenvalue weighted by Gasteiger charge is 2.21. The largest absolute Gasteiger partial charge is 0.383 e. The van der Waals surface area contributed by atoms with Crippen molar-refractivity contribution in [2.24, 2.45) is 0 Å². The van der Waals surface area contributed by atoms with Crippen molar-refractivity contribution < 1.29 is 22.9 Å². The van der Waals surface area contributed by atoms with E-state index in [1.165, 1.54) is 50.2 Å². The monoisotopic (exact) mass is 449 g/mol. The van der Waals surface area contributed by atoms with E-state index < -0.39 is 26.9 Å². The molecule has 0 bridgehead atoms. The van der Waals surface area contributed by atoms with Gasteiger partial charge in [0.1, 0.15) is 0 Å². The molecule has 2 rings (SSSR count). The van der Waals surface area contributed by atoms with Crippen LogP contribution in [0.4, 0.5) is 17.1 Å². The van der Waals surface area contributed by atoms with E-state index >= 15 is 0 Å². The molecule has 0 unspecified atom stereocenters. The van der Waals surface area contributed by atoms with Crippen molar-refractivity contribution in [1.29, 1.82) is 0 Å². The quantitative estimate of drug-likeness (QED) is 0.243. The topological polar surface area (TPSA) is 160 Å². The molecule has 0 aliphatic carbocycles. The zero-order valence-corrected chi connectivity index (χ0v) is 17.7. The molecular formula is C19H23N5O6S. The van der Waals surface area contributed by atoms with Crippen LogP contribution in [0.2, 0.25) is 0 Å². The Kier molecular flexibility index (Phi) is 8.05. The molecule has 4 N–H and O–H groups in total. The van der Waals surface area contributed by atoms with Gasteiger partial charge in [0.05, 0.1) is 15.9 Å². The first kappa shape index (κ1) is 23.8. The van der Waals surface area contributed by atoms with E-state index in [2.05, 4.69) is 20.7 Å². The van der Waals surface area contributed by atoms with Gasteiger partial charge in [0.2, 0.25) is 21.8 Å². The minimum Gasteiger partial charge on any atom is -0.383 e. The van der Waals surface area contributed by atoms with Gasteiger partial charge < -0.3 is 16.0 Å². The molecule has 0 aromatic heterocycles. The Morgan fingerprint density at radius 3 is 2.13 bits per heavy atom. The maximum Gasteiger partial charge on any atom is 0.269 e. The van der Waals surface area contributed by atoms with Gasteiger partial charge in [0.25, 0.3) is 5.69 Å². The van der Waals surface area contributed by atoms with Gasteiger partial charge in [0.15, 0.2) is 0 Å². The molecule has 12 heteroatoms. The number of nitro groups is 1. The summed E-state index contributed by atoms with van der Waals surface area (Å²) in [5.41, 5.74) is 1.08. The highest BCUT2D eigenvalue weighted by Crippen LogP contribution is 2.15. The number of benzene rings is 2. The average molecular weight is 449 g/mol. The minimum atomic E-state index is -3.93. The van der Waals surface area contributed by atoms with E-state index in [-0.39, 0.29) is 23.0 Å². The van der Waals surface area contributed by atoms with E-state index in [4.69, 9.17) is 0 Å². The Morgan fingerprint density at radius 2 is 1.58 bits per heavy atom. The van der Waals surface area contributed by atoms with Gasteiger partial charge in [0, 0.05) is 43.5 Å². The van der Waals surface area contributed by atoms with Crippen LogP contribution in [0, 0.1) is 10.1 Å². The third-order valence-electron chi connectivity index (χ3n) is 4.04. The molecule has 0 saturated carbocycles. The molecule has 0 aliphatic rings. The first-order valence-corrected chi connectivity index (χ1v) is 10.7. The van der Waals surface area contributed by atoms with Gasteiger partial charge in [-0.2, -0.15) is 4.72 Å². The highest BCUT2D eigenvalue weighted by atomic mass is 32.2. The van der Waals surface area contributed by atoms with Crippen LogP contribution in [0.5, 0.6) is 0 Å². The summed E-state index contributed by atoms with van der Waals surface area (Å²) >= 11 is 0. The summed E-state index contributed by atoms with van der Waals surface area (Å²) in [5.74, 6) is -0.786. The number of non-ortho nitro benzene ring substituents is 1. The number of nitrogens with one attached hydrogen (secondary N) is 4. The molecule has 0 aliphatic heterocycles. The molecule has 2 aromatic rings. The molecule has 2 aromatic carbocycles. The van der Waals surface area contributed by atoms with Crippen LogP contribution in [-0.2, 0) is 19.6 Å². The van der Waals surface area contributed by atoms with Crippen LogP contribution in [0.3, 0.4) is 0 Å². The van der Waals surface area contributed by atoms with Crippen molar-refractivity contribution in [2.45, 2.75) is 24.8 Å². The number of sulfonamides is 1. The summed E-state index contributed by atoms with van der Waals surface area (Å²) in [6.45, 7) is 3.32. The molecule has 2 amide bonds. The zero-order valence-electron chi connectivity index (χ0n) is 16.9. The lowest BCUT2D eigenvalue weighted by atomic mass is 10.3. The van der Waals surface area contributed by atoms with Gasteiger partial charge >= 0.3 is 0 Å². The summed E-state index contributed by atoms with van der Waals surface area (Å²) in [4.78, 5) is 33.3. The lowest BCUT2D eigenvalue weighted by molar-refractivity contribution is -0.384. The summed E-state index contributed by atoms with van der Waals surface area (Å²) in [6.07, 6.45) is 0. The standard InChI is InChI=1S/C19H23N5O6S/c1-13(23-31(29,30)18-9-5-16(6-10-18)22-14(2)25)19(26)21-12-11-20-15-3-7-17(8-4-15)24(27)28/h3-10,13,20,23H,11-12H2,1-2H3,(H,21,26)(H,22,25)/t13-/m0/s1. The lowest BCUT2D eigenvalue weighted by Gasteiger charge is -2.15. The third-order valence-corrected chi connectivity index (χ3v) is 5.60. The van der Waals surface area contributed by atoms with Crippen LogP contribution in [0.25, 0.3) is 0 Å². The van der Waals surface area contributed by atoms with Crippen molar-refractivity contribution >= 4 is 38.9 Å². The van der Waals surface area contributed by atoms with Crippen LogP contribution >= 0.6 is 0 Å². The average Bonchev–Trinajstić information content (AvgIpc) is 2.71. The van der Waals surface area contributed by atoms with Gasteiger partial charge in [-0.3, -0.25) is 19.7 Å². The van der Waals surface area contributed by atoms with E-state index in [0.29, 0.717) is 17.9 Å².